The standard InChI is InChI=1S/C14H13N5O2S/c1-8-18-19-14(22-8)17-12(20)7-6-11-15-10-5-3-2-4-9(10)13(21)16-11/h2-5H,6-7H2,1H3,(H,15,16,21)(H,17,19,20). The second kappa shape index (κ2) is 6.02. The van der Waals surface area contributed by atoms with E-state index in [-0.39, 0.29) is 17.9 Å². The van der Waals surface area contributed by atoms with E-state index in [2.05, 4.69) is 25.5 Å². The molecule has 2 heterocycles. The number of amides is 1. The van der Waals surface area contributed by atoms with Gasteiger partial charge in [0.15, 0.2) is 0 Å². The number of aryl methyl sites for hydroxylation is 2. The van der Waals surface area contributed by atoms with Crippen molar-refractivity contribution in [2.75, 3.05) is 5.32 Å². The summed E-state index contributed by atoms with van der Waals surface area (Å²) >= 11 is 1.31. The Kier molecular flexibility index (Phi) is 3.92. The van der Waals surface area contributed by atoms with Crippen LogP contribution in [0.15, 0.2) is 29.1 Å². The van der Waals surface area contributed by atoms with Crippen molar-refractivity contribution < 1.29 is 4.79 Å². The monoisotopic (exact) mass is 315 g/mol. The number of nitrogens with zero attached hydrogens (tertiary/aromatic N) is 3. The van der Waals surface area contributed by atoms with Crippen LogP contribution in [0.3, 0.4) is 0 Å². The van der Waals surface area contributed by atoms with Crippen LogP contribution in [0.4, 0.5) is 5.13 Å². The van der Waals surface area contributed by atoms with Gasteiger partial charge >= 0.3 is 0 Å². The lowest BCUT2D eigenvalue weighted by Gasteiger charge is -2.03. The molecule has 1 aromatic carbocycles. The summed E-state index contributed by atoms with van der Waals surface area (Å²) in [6.07, 6.45) is 0.559. The van der Waals surface area contributed by atoms with Crippen LogP contribution < -0.4 is 10.9 Å². The van der Waals surface area contributed by atoms with E-state index in [1.807, 2.05) is 13.0 Å². The van der Waals surface area contributed by atoms with Gasteiger partial charge in [-0.3, -0.25) is 9.59 Å². The molecule has 112 valence electrons. The number of rotatable bonds is 4. The molecule has 0 aliphatic carbocycles. The molecule has 0 fully saturated rings. The Bertz CT molecular complexity index is 886. The second-order valence-electron chi connectivity index (χ2n) is 4.70. The molecule has 7 nitrogen and oxygen atoms in total. The average molecular weight is 315 g/mol. The van der Waals surface area contributed by atoms with E-state index >= 15 is 0 Å². The highest BCUT2D eigenvalue weighted by molar-refractivity contribution is 7.15. The molecule has 0 atom stereocenters. The van der Waals surface area contributed by atoms with Gasteiger partial charge < -0.3 is 10.3 Å². The van der Waals surface area contributed by atoms with E-state index in [9.17, 15) is 9.59 Å². The van der Waals surface area contributed by atoms with Crippen LogP contribution in [-0.4, -0.2) is 26.1 Å². The molecule has 0 bridgehead atoms. The number of aromatic amines is 1. The SMILES string of the molecule is Cc1nnc(NC(=O)CCc2nc3ccccc3c(=O)[nH]2)s1. The van der Waals surface area contributed by atoms with Gasteiger partial charge in [-0.2, -0.15) is 0 Å². The molecule has 0 radical (unpaired) electrons. The fourth-order valence-electron chi connectivity index (χ4n) is 2.01. The topological polar surface area (TPSA) is 101 Å². The van der Waals surface area contributed by atoms with Gasteiger partial charge in [-0.15, -0.1) is 10.2 Å². The molecule has 8 heteroatoms. The number of aromatic nitrogens is 4. The van der Waals surface area contributed by atoms with Gasteiger partial charge in [-0.1, -0.05) is 23.5 Å². The normalized spacial score (nSPS) is 10.8. The van der Waals surface area contributed by atoms with Crippen molar-refractivity contribution in [1.29, 1.82) is 0 Å². The van der Waals surface area contributed by atoms with Gasteiger partial charge in [0.25, 0.3) is 5.56 Å². The largest absolute Gasteiger partial charge is 0.310 e. The molecule has 2 aromatic heterocycles. The highest BCUT2D eigenvalue weighted by Gasteiger charge is 2.09. The van der Waals surface area contributed by atoms with Crippen LogP contribution in [0.1, 0.15) is 17.3 Å². The van der Waals surface area contributed by atoms with Crippen molar-refractivity contribution in [2.45, 2.75) is 19.8 Å². The maximum absolute atomic E-state index is 11.9. The third-order valence-electron chi connectivity index (χ3n) is 3.02. The van der Waals surface area contributed by atoms with Crippen molar-refractivity contribution in [3.8, 4) is 0 Å². The lowest BCUT2D eigenvalue weighted by Crippen LogP contribution is -2.16. The molecule has 3 aromatic rings. The molecule has 0 aliphatic heterocycles. The van der Waals surface area contributed by atoms with E-state index < -0.39 is 0 Å². The van der Waals surface area contributed by atoms with Crippen LogP contribution in [0.25, 0.3) is 10.9 Å². The highest BCUT2D eigenvalue weighted by Crippen LogP contribution is 2.14. The lowest BCUT2D eigenvalue weighted by atomic mass is 10.2. The number of nitrogens with one attached hydrogen (secondary N) is 2. The molecular formula is C14H13N5O2S. The van der Waals surface area contributed by atoms with Gasteiger partial charge in [-0.05, 0) is 19.1 Å². The number of carbonyl (C=O) groups is 1. The maximum atomic E-state index is 11.9. The van der Waals surface area contributed by atoms with Crippen LogP contribution in [0, 0.1) is 6.92 Å². The number of hydrogen-bond acceptors (Lipinski definition) is 6. The number of para-hydroxylation sites is 1. The number of hydrogen-bond donors (Lipinski definition) is 2. The third kappa shape index (κ3) is 3.17. The molecule has 3 rings (SSSR count). The fraction of sp³-hybridized carbons (Fsp3) is 0.214. The van der Waals surface area contributed by atoms with Gasteiger partial charge in [0.1, 0.15) is 10.8 Å². The minimum absolute atomic E-state index is 0.188. The zero-order valence-electron chi connectivity index (χ0n) is 11.8. The number of anilines is 1. The Balaban J connectivity index is 1.68. The first-order valence-electron chi connectivity index (χ1n) is 6.70. The predicted octanol–water partition coefficient (Wildman–Crippen LogP) is 1.65. The van der Waals surface area contributed by atoms with Gasteiger partial charge in [0.05, 0.1) is 10.9 Å². The summed E-state index contributed by atoms with van der Waals surface area (Å²) in [5, 5.41) is 12.1. The number of benzene rings is 1. The van der Waals surface area contributed by atoms with Crippen molar-refractivity contribution in [3.63, 3.8) is 0 Å². The third-order valence-corrected chi connectivity index (χ3v) is 3.78. The van der Waals surface area contributed by atoms with Crippen molar-refractivity contribution >= 4 is 33.3 Å². The van der Waals surface area contributed by atoms with Crippen molar-refractivity contribution in [2.24, 2.45) is 0 Å². The highest BCUT2D eigenvalue weighted by atomic mass is 32.1. The summed E-state index contributed by atoms with van der Waals surface area (Å²) in [7, 11) is 0. The molecular weight excluding hydrogens is 302 g/mol. The summed E-state index contributed by atoms with van der Waals surface area (Å²) in [4.78, 5) is 30.8. The van der Waals surface area contributed by atoms with Gasteiger partial charge in [0, 0.05) is 12.8 Å². The second-order valence-corrected chi connectivity index (χ2v) is 5.89. The molecule has 22 heavy (non-hydrogen) atoms. The summed E-state index contributed by atoms with van der Waals surface area (Å²) in [6.45, 7) is 1.82. The van der Waals surface area contributed by atoms with Crippen LogP contribution >= 0.6 is 11.3 Å². The minimum Gasteiger partial charge on any atom is -0.310 e. The zero-order chi connectivity index (χ0) is 15.5. The minimum atomic E-state index is -0.194. The molecule has 0 saturated heterocycles. The molecule has 0 aliphatic rings. The lowest BCUT2D eigenvalue weighted by molar-refractivity contribution is -0.116. The van der Waals surface area contributed by atoms with Gasteiger partial charge in [-0.25, -0.2) is 4.98 Å². The van der Waals surface area contributed by atoms with Crippen LogP contribution in [0.2, 0.25) is 0 Å². The first-order chi connectivity index (χ1) is 10.6. The van der Waals surface area contributed by atoms with E-state index in [1.54, 1.807) is 18.2 Å². The van der Waals surface area contributed by atoms with Crippen molar-refractivity contribution in [1.82, 2.24) is 20.2 Å². The summed E-state index contributed by atoms with van der Waals surface area (Å²) in [6, 6.07) is 7.10. The Morgan fingerprint density at radius 3 is 2.91 bits per heavy atom. The Labute approximate surface area is 129 Å². The molecule has 0 saturated carbocycles. The molecule has 2 N–H and O–H groups in total. The smallest absolute Gasteiger partial charge is 0.258 e. The van der Waals surface area contributed by atoms with Crippen LogP contribution in [0.5, 0.6) is 0 Å². The summed E-state index contributed by atoms with van der Waals surface area (Å²) in [5.74, 6) is 0.305. The van der Waals surface area contributed by atoms with Gasteiger partial charge in [0.2, 0.25) is 11.0 Å². The molecule has 0 spiro atoms. The first kappa shape index (κ1) is 14.3. The Hall–Kier alpha value is -2.61. The first-order valence-corrected chi connectivity index (χ1v) is 7.51. The summed E-state index contributed by atoms with van der Waals surface area (Å²) in [5.41, 5.74) is 0.433. The predicted molar refractivity (Wildman–Crippen MR) is 84.0 cm³/mol. The van der Waals surface area contributed by atoms with Crippen LogP contribution in [-0.2, 0) is 11.2 Å². The molecule has 1 amide bonds. The quantitative estimate of drug-likeness (QED) is 0.762. The Morgan fingerprint density at radius 1 is 1.32 bits per heavy atom. The van der Waals surface area contributed by atoms with E-state index in [0.29, 0.717) is 28.3 Å². The fourth-order valence-corrected chi connectivity index (χ4v) is 2.62. The maximum Gasteiger partial charge on any atom is 0.258 e. The number of H-pyrrole nitrogens is 1. The van der Waals surface area contributed by atoms with E-state index in [0.717, 1.165) is 5.01 Å². The average Bonchev–Trinajstić information content (AvgIpc) is 2.90. The zero-order valence-corrected chi connectivity index (χ0v) is 12.6. The number of carbonyl (C=O) groups excluding carboxylic acids is 1. The summed E-state index contributed by atoms with van der Waals surface area (Å²) < 4.78 is 0. The molecule has 0 unspecified atom stereocenters. The Morgan fingerprint density at radius 2 is 2.14 bits per heavy atom. The van der Waals surface area contributed by atoms with E-state index in [4.69, 9.17) is 0 Å². The van der Waals surface area contributed by atoms with E-state index in [1.165, 1.54) is 11.3 Å². The number of fused-ring (bicyclic) bond motifs is 1. The van der Waals surface area contributed by atoms with Crippen molar-refractivity contribution in [3.05, 3.63) is 45.5 Å².